The Morgan fingerprint density at radius 3 is 2.16 bits per heavy atom. The summed E-state index contributed by atoms with van der Waals surface area (Å²) in [5, 5.41) is 22.7. The van der Waals surface area contributed by atoms with Gasteiger partial charge < -0.3 is 19.4 Å². The van der Waals surface area contributed by atoms with Crippen LogP contribution in [0.5, 0.6) is 23.3 Å². The maximum Gasteiger partial charge on any atom is 0.258 e. The van der Waals surface area contributed by atoms with E-state index in [2.05, 4.69) is 73.6 Å². The standard InChI is InChI=1S/C32H43NO4Si/c1-19(2)38(20(3)4,21(5)6)37-23-14-15-24-25-16-17-26-28(29(25)32(7,8)36-27(24)18-23)31(35)33(30(26)34)22-12-10-9-11-13-22/h9-15,18-21,25,29,34-35H,16-17H2,1-8H3/t25-,29+/m0/s1. The van der Waals surface area contributed by atoms with Crippen molar-refractivity contribution in [3.8, 4) is 28.9 Å². The summed E-state index contributed by atoms with van der Waals surface area (Å²) >= 11 is 0. The molecular weight excluding hydrogens is 490 g/mol. The number of fused-ring (bicyclic) bond motifs is 5. The van der Waals surface area contributed by atoms with Crippen molar-refractivity contribution in [1.82, 2.24) is 4.57 Å². The first-order valence-corrected chi connectivity index (χ1v) is 16.3. The monoisotopic (exact) mass is 533 g/mol. The molecule has 0 unspecified atom stereocenters. The number of aromatic hydroxyl groups is 2. The molecule has 2 N–H and O–H groups in total. The van der Waals surface area contributed by atoms with Crippen molar-refractivity contribution in [2.75, 3.05) is 0 Å². The van der Waals surface area contributed by atoms with E-state index in [0.717, 1.165) is 40.3 Å². The molecule has 6 heteroatoms. The lowest BCUT2D eigenvalue weighted by molar-refractivity contribution is 0.0408. The molecule has 2 atom stereocenters. The van der Waals surface area contributed by atoms with Gasteiger partial charge in [0.15, 0.2) is 0 Å². The SMILES string of the molecule is CC(C)[Si](Oc1ccc2c(c1)OC(C)(C)[C@H]1c3c(c(O)n(-c4ccccc4)c3O)CC[C@@H]21)(C(C)C)C(C)C. The van der Waals surface area contributed by atoms with E-state index in [1.54, 1.807) is 4.57 Å². The fourth-order valence-electron chi connectivity index (χ4n) is 7.72. The first-order valence-electron chi connectivity index (χ1n) is 14.1. The van der Waals surface area contributed by atoms with Gasteiger partial charge in [-0.1, -0.05) is 65.8 Å². The molecule has 2 aromatic carbocycles. The Labute approximate surface area is 228 Å². The van der Waals surface area contributed by atoms with E-state index >= 15 is 0 Å². The summed E-state index contributed by atoms with van der Waals surface area (Å²) in [5.41, 5.74) is 4.42. The van der Waals surface area contributed by atoms with E-state index in [0.29, 0.717) is 23.0 Å². The average molecular weight is 534 g/mol. The highest BCUT2D eigenvalue weighted by molar-refractivity contribution is 6.78. The number of aromatic nitrogens is 1. The first kappa shape index (κ1) is 26.7. The molecule has 1 aliphatic heterocycles. The quantitative estimate of drug-likeness (QED) is 0.312. The van der Waals surface area contributed by atoms with Crippen LogP contribution in [0.3, 0.4) is 0 Å². The second-order valence-corrected chi connectivity index (χ2v) is 18.0. The fourth-order valence-corrected chi connectivity index (χ4v) is 13.0. The third-order valence-corrected chi connectivity index (χ3v) is 15.2. The molecule has 5 nitrogen and oxygen atoms in total. The minimum atomic E-state index is -2.09. The van der Waals surface area contributed by atoms with Crippen molar-refractivity contribution >= 4 is 8.32 Å². The smallest absolute Gasteiger partial charge is 0.258 e. The molecule has 0 radical (unpaired) electrons. The highest BCUT2D eigenvalue weighted by atomic mass is 28.4. The summed E-state index contributed by atoms with van der Waals surface area (Å²) in [7, 11) is -2.09. The zero-order valence-corrected chi connectivity index (χ0v) is 25.1. The lowest BCUT2D eigenvalue weighted by Crippen LogP contribution is -2.50. The third-order valence-electron chi connectivity index (χ3n) is 9.20. The molecular formula is C32H43NO4Si. The minimum absolute atomic E-state index is 0.0863. The molecule has 3 aromatic rings. The zero-order chi connectivity index (χ0) is 27.6. The fraction of sp³-hybridized carbons (Fsp3) is 0.500. The number of hydrogen-bond donors (Lipinski definition) is 2. The Kier molecular flexibility index (Phi) is 6.62. The highest BCUT2D eigenvalue weighted by Gasteiger charge is 2.51. The number of nitrogens with zero attached hydrogens (tertiary/aromatic N) is 1. The van der Waals surface area contributed by atoms with Gasteiger partial charge in [-0.15, -0.1) is 0 Å². The van der Waals surface area contributed by atoms with Crippen LogP contribution in [0.15, 0.2) is 48.5 Å². The van der Waals surface area contributed by atoms with Gasteiger partial charge in [-0.2, -0.15) is 0 Å². The van der Waals surface area contributed by atoms with Crippen LogP contribution in [-0.2, 0) is 6.42 Å². The van der Waals surface area contributed by atoms with Gasteiger partial charge in [-0.05, 0) is 73.0 Å². The average Bonchev–Trinajstić information content (AvgIpc) is 3.11. The normalized spacial score (nSPS) is 20.2. The van der Waals surface area contributed by atoms with Crippen LogP contribution in [0, 0.1) is 0 Å². The zero-order valence-electron chi connectivity index (χ0n) is 24.1. The molecule has 0 bridgehead atoms. The van der Waals surface area contributed by atoms with Crippen LogP contribution in [0.2, 0.25) is 16.6 Å². The molecule has 2 aliphatic rings. The second kappa shape index (κ2) is 9.40. The topological polar surface area (TPSA) is 63.8 Å². The van der Waals surface area contributed by atoms with Crippen LogP contribution in [0.25, 0.3) is 5.69 Å². The highest BCUT2D eigenvalue weighted by Crippen LogP contribution is 2.59. The molecule has 5 rings (SSSR count). The molecule has 0 amide bonds. The molecule has 0 saturated carbocycles. The predicted octanol–water partition coefficient (Wildman–Crippen LogP) is 8.43. The number of hydrogen-bond acceptors (Lipinski definition) is 4. The minimum Gasteiger partial charge on any atom is -0.543 e. The lowest BCUT2D eigenvalue weighted by Gasteiger charge is -2.47. The van der Waals surface area contributed by atoms with Crippen LogP contribution in [0.4, 0.5) is 0 Å². The predicted molar refractivity (Wildman–Crippen MR) is 156 cm³/mol. The van der Waals surface area contributed by atoms with E-state index in [1.807, 2.05) is 30.3 Å². The molecule has 1 aromatic heterocycles. The van der Waals surface area contributed by atoms with Gasteiger partial charge in [-0.3, -0.25) is 4.57 Å². The van der Waals surface area contributed by atoms with E-state index in [9.17, 15) is 10.2 Å². The maximum atomic E-state index is 11.5. The molecule has 0 spiro atoms. The molecule has 38 heavy (non-hydrogen) atoms. The van der Waals surface area contributed by atoms with Gasteiger partial charge in [-0.25, -0.2) is 0 Å². The lowest BCUT2D eigenvalue weighted by atomic mass is 9.65. The largest absolute Gasteiger partial charge is 0.543 e. The van der Waals surface area contributed by atoms with Crippen LogP contribution in [-0.4, -0.2) is 28.7 Å². The van der Waals surface area contributed by atoms with Crippen LogP contribution < -0.4 is 9.16 Å². The number of para-hydroxylation sites is 1. The summed E-state index contributed by atoms with van der Waals surface area (Å²) < 4.78 is 15.3. The van der Waals surface area contributed by atoms with Gasteiger partial charge in [0.05, 0.1) is 5.69 Å². The summed E-state index contributed by atoms with van der Waals surface area (Å²) in [5.74, 6) is 2.10. The van der Waals surface area contributed by atoms with Gasteiger partial charge in [0.1, 0.15) is 17.1 Å². The van der Waals surface area contributed by atoms with Crippen molar-refractivity contribution in [3.05, 3.63) is 65.2 Å². The molecule has 204 valence electrons. The number of benzene rings is 2. The van der Waals surface area contributed by atoms with Crippen molar-refractivity contribution in [3.63, 3.8) is 0 Å². The summed E-state index contributed by atoms with van der Waals surface area (Å²) in [6.07, 6.45) is 1.58. The van der Waals surface area contributed by atoms with Crippen LogP contribution in [0.1, 0.15) is 90.3 Å². The summed E-state index contributed by atoms with van der Waals surface area (Å²) in [6, 6.07) is 15.9. The van der Waals surface area contributed by atoms with Crippen molar-refractivity contribution in [2.24, 2.45) is 0 Å². The van der Waals surface area contributed by atoms with Crippen LogP contribution >= 0.6 is 0 Å². The van der Waals surface area contributed by atoms with Gasteiger partial charge >= 0.3 is 0 Å². The van der Waals surface area contributed by atoms with Gasteiger partial charge in [0, 0.05) is 23.1 Å². The number of rotatable bonds is 6. The number of ether oxygens (including phenoxy) is 1. The Morgan fingerprint density at radius 1 is 0.921 bits per heavy atom. The first-order chi connectivity index (χ1) is 17.9. The van der Waals surface area contributed by atoms with Crippen molar-refractivity contribution < 1.29 is 19.4 Å². The van der Waals surface area contributed by atoms with E-state index in [-0.39, 0.29) is 23.6 Å². The Morgan fingerprint density at radius 2 is 1.55 bits per heavy atom. The van der Waals surface area contributed by atoms with Gasteiger partial charge in [0.25, 0.3) is 8.32 Å². The molecule has 1 aliphatic carbocycles. The Hall–Kier alpha value is -2.86. The second-order valence-electron chi connectivity index (χ2n) is 12.7. The third kappa shape index (κ3) is 3.95. The Balaban J connectivity index is 1.57. The molecule has 0 fully saturated rings. The van der Waals surface area contributed by atoms with E-state index in [4.69, 9.17) is 9.16 Å². The summed E-state index contributed by atoms with van der Waals surface area (Å²) in [6.45, 7) is 18.0. The molecule has 2 heterocycles. The molecule has 0 saturated heterocycles. The Bertz CT molecular complexity index is 1300. The van der Waals surface area contributed by atoms with Gasteiger partial charge in [0.2, 0.25) is 11.8 Å². The van der Waals surface area contributed by atoms with Crippen molar-refractivity contribution in [2.45, 2.75) is 102 Å². The maximum absolute atomic E-state index is 11.5. The van der Waals surface area contributed by atoms with E-state index in [1.165, 1.54) is 0 Å². The van der Waals surface area contributed by atoms with E-state index < -0.39 is 13.9 Å². The summed E-state index contributed by atoms with van der Waals surface area (Å²) in [4.78, 5) is 0. The van der Waals surface area contributed by atoms with Crippen molar-refractivity contribution in [1.29, 1.82) is 0 Å².